The highest BCUT2D eigenvalue weighted by Gasteiger charge is 2.29. The van der Waals surface area contributed by atoms with E-state index < -0.39 is 17.7 Å². The maximum atomic E-state index is 12.4. The minimum atomic E-state index is -0.946. The van der Waals surface area contributed by atoms with Crippen LogP contribution < -0.4 is 20.5 Å². The Hall–Kier alpha value is -1.87. The van der Waals surface area contributed by atoms with E-state index in [9.17, 15) is 9.90 Å². The Morgan fingerprint density at radius 2 is 1.86 bits per heavy atom. The molecular formula is C27H48N2O6. The number of carbonyl (C=O) groups is 1. The molecular weight excluding hydrogens is 448 g/mol. The highest BCUT2D eigenvalue weighted by molar-refractivity contribution is 5.84. The van der Waals surface area contributed by atoms with E-state index in [1.165, 1.54) is 0 Å². The van der Waals surface area contributed by atoms with Gasteiger partial charge >= 0.3 is 0 Å². The highest BCUT2D eigenvalue weighted by Crippen LogP contribution is 2.31. The molecule has 0 spiro atoms. The molecule has 1 aromatic rings. The van der Waals surface area contributed by atoms with Crippen LogP contribution in [0.25, 0.3) is 0 Å². The Bertz CT molecular complexity index is 740. The summed E-state index contributed by atoms with van der Waals surface area (Å²) in [4.78, 5) is 12.4. The van der Waals surface area contributed by atoms with Crippen LogP contribution in [0.4, 0.5) is 0 Å². The summed E-state index contributed by atoms with van der Waals surface area (Å²) in [6, 6.07) is 5.51. The predicted octanol–water partition coefficient (Wildman–Crippen LogP) is 3.32. The topological polar surface area (TPSA) is 112 Å². The smallest absolute Gasteiger partial charge is 0.251 e. The Labute approximate surface area is 211 Å². The second-order valence-corrected chi connectivity index (χ2v) is 9.92. The van der Waals surface area contributed by atoms with Gasteiger partial charge in [-0.1, -0.05) is 26.8 Å². The van der Waals surface area contributed by atoms with Crippen molar-refractivity contribution < 1.29 is 28.8 Å². The van der Waals surface area contributed by atoms with E-state index in [0.717, 1.165) is 24.8 Å². The number of benzene rings is 1. The molecule has 0 saturated carbocycles. The molecule has 1 amide bonds. The van der Waals surface area contributed by atoms with Crippen LogP contribution in [0.15, 0.2) is 18.2 Å². The first-order chi connectivity index (χ1) is 16.5. The molecule has 4 N–H and O–H groups in total. The van der Waals surface area contributed by atoms with Crippen molar-refractivity contribution in [3.8, 4) is 11.5 Å². The van der Waals surface area contributed by atoms with Gasteiger partial charge in [-0.15, -0.1) is 0 Å². The van der Waals surface area contributed by atoms with Gasteiger partial charge in [-0.25, -0.2) is 0 Å². The van der Waals surface area contributed by atoms with E-state index in [1.54, 1.807) is 28.1 Å². The first-order valence-electron chi connectivity index (χ1n) is 12.7. The van der Waals surface area contributed by atoms with Crippen molar-refractivity contribution in [2.75, 3.05) is 40.6 Å². The highest BCUT2D eigenvalue weighted by atomic mass is 16.5. The maximum absolute atomic E-state index is 12.4. The molecule has 0 aromatic heterocycles. The second kappa shape index (κ2) is 16.0. The van der Waals surface area contributed by atoms with Gasteiger partial charge in [-0.05, 0) is 62.6 Å². The van der Waals surface area contributed by atoms with Crippen LogP contribution in [0.3, 0.4) is 0 Å². The fourth-order valence-corrected chi connectivity index (χ4v) is 3.73. The third kappa shape index (κ3) is 11.2. The van der Waals surface area contributed by atoms with Crippen molar-refractivity contribution >= 4 is 5.91 Å². The average molecular weight is 497 g/mol. The number of aliphatic hydroxyl groups is 1. The summed E-state index contributed by atoms with van der Waals surface area (Å²) in [6.07, 6.45) is 2.19. The molecule has 202 valence electrons. The second-order valence-electron chi connectivity index (χ2n) is 9.92. The summed E-state index contributed by atoms with van der Waals surface area (Å²) in [5.41, 5.74) is 6.54. The van der Waals surface area contributed by atoms with Crippen molar-refractivity contribution in [1.29, 1.82) is 0 Å². The molecule has 0 bridgehead atoms. The van der Waals surface area contributed by atoms with Gasteiger partial charge in [0.15, 0.2) is 11.5 Å². The van der Waals surface area contributed by atoms with Crippen molar-refractivity contribution in [2.24, 2.45) is 17.6 Å². The van der Waals surface area contributed by atoms with Crippen LogP contribution in [-0.2, 0) is 20.7 Å². The molecule has 0 aliphatic carbocycles. The van der Waals surface area contributed by atoms with Gasteiger partial charge in [0, 0.05) is 39.3 Å². The zero-order chi connectivity index (χ0) is 26.4. The van der Waals surface area contributed by atoms with Crippen LogP contribution in [0.1, 0.15) is 59.4 Å². The number of nitrogens with two attached hydrogens (primary N) is 1. The van der Waals surface area contributed by atoms with Crippen LogP contribution in [0.5, 0.6) is 11.5 Å². The van der Waals surface area contributed by atoms with Crippen LogP contribution in [0.2, 0.25) is 0 Å². The van der Waals surface area contributed by atoms with Crippen molar-refractivity contribution in [3.05, 3.63) is 23.8 Å². The van der Waals surface area contributed by atoms with Crippen LogP contribution in [0, 0.1) is 11.8 Å². The Kier molecular flexibility index (Phi) is 14.2. The fraction of sp³-hybridized carbons (Fsp3) is 0.741. The molecule has 8 nitrogen and oxygen atoms in total. The number of hydrogen-bond donors (Lipinski definition) is 3. The molecule has 0 aliphatic rings. The Balaban J connectivity index is 2.73. The van der Waals surface area contributed by atoms with E-state index in [0.29, 0.717) is 43.7 Å². The number of aliphatic hydroxyl groups excluding tert-OH is 1. The SMILES string of the molecule is CCCOC(C)(C)C(=O)NCC(O)C(N)CC(Cc1ccc(OC)c(OCCCOC)c1)C(C)C. The number of methoxy groups -OCH3 is 2. The minimum absolute atomic E-state index is 0.0890. The molecule has 3 atom stereocenters. The standard InChI is InChI=1S/C27H48N2O6/c1-8-12-35-27(4,5)26(31)29-18-23(30)22(28)17-21(19(2)3)15-20-10-11-24(33-7)25(16-20)34-14-9-13-32-6/h10-11,16,19,21-23,30H,8-9,12-15,17-18,28H2,1-7H3,(H,29,31). The molecule has 35 heavy (non-hydrogen) atoms. The molecule has 0 fully saturated rings. The first kappa shape index (κ1) is 31.2. The summed E-state index contributed by atoms with van der Waals surface area (Å²) in [6.45, 7) is 11.5. The van der Waals surface area contributed by atoms with Crippen molar-refractivity contribution in [2.45, 2.75) is 78.0 Å². The van der Waals surface area contributed by atoms with Gasteiger partial charge in [-0.3, -0.25) is 4.79 Å². The molecule has 3 unspecified atom stereocenters. The molecule has 0 heterocycles. The lowest BCUT2D eigenvalue weighted by Gasteiger charge is -2.29. The number of ether oxygens (including phenoxy) is 4. The quantitative estimate of drug-likeness (QED) is 0.267. The molecule has 0 radical (unpaired) electrons. The monoisotopic (exact) mass is 496 g/mol. The number of carbonyl (C=O) groups excluding carboxylic acids is 1. The van der Waals surface area contributed by atoms with Gasteiger partial charge in [0.05, 0.1) is 19.8 Å². The molecule has 1 aromatic carbocycles. The summed E-state index contributed by atoms with van der Waals surface area (Å²) in [5.74, 6) is 1.75. The van der Waals surface area contributed by atoms with Crippen molar-refractivity contribution in [1.82, 2.24) is 5.32 Å². The Morgan fingerprint density at radius 3 is 2.46 bits per heavy atom. The average Bonchev–Trinajstić information content (AvgIpc) is 2.83. The lowest BCUT2D eigenvalue weighted by molar-refractivity contribution is -0.143. The summed E-state index contributed by atoms with van der Waals surface area (Å²) in [5, 5.41) is 13.4. The molecule has 0 saturated heterocycles. The number of nitrogens with one attached hydrogen (secondary N) is 1. The zero-order valence-electron chi connectivity index (χ0n) is 22.8. The summed E-state index contributed by atoms with van der Waals surface area (Å²) >= 11 is 0. The third-order valence-corrected chi connectivity index (χ3v) is 6.17. The normalized spacial score (nSPS) is 14.5. The van der Waals surface area contributed by atoms with Gasteiger partial charge < -0.3 is 35.1 Å². The zero-order valence-corrected chi connectivity index (χ0v) is 22.8. The van der Waals surface area contributed by atoms with Gasteiger partial charge in [0.2, 0.25) is 0 Å². The van der Waals surface area contributed by atoms with E-state index in [2.05, 4.69) is 19.2 Å². The number of rotatable bonds is 18. The largest absolute Gasteiger partial charge is 0.493 e. The van der Waals surface area contributed by atoms with Gasteiger partial charge in [0.1, 0.15) is 5.60 Å². The fourth-order valence-electron chi connectivity index (χ4n) is 3.73. The maximum Gasteiger partial charge on any atom is 0.251 e. The lowest BCUT2D eigenvalue weighted by atomic mass is 9.83. The predicted molar refractivity (Wildman–Crippen MR) is 139 cm³/mol. The lowest BCUT2D eigenvalue weighted by Crippen LogP contribution is -2.50. The van der Waals surface area contributed by atoms with Crippen LogP contribution >= 0.6 is 0 Å². The first-order valence-corrected chi connectivity index (χ1v) is 12.7. The molecule has 0 aliphatic heterocycles. The van der Waals surface area contributed by atoms with E-state index in [1.807, 2.05) is 25.1 Å². The van der Waals surface area contributed by atoms with E-state index >= 15 is 0 Å². The van der Waals surface area contributed by atoms with Gasteiger partial charge in [0.25, 0.3) is 5.91 Å². The molecule has 1 rings (SSSR count). The van der Waals surface area contributed by atoms with Crippen LogP contribution in [-0.4, -0.2) is 69.3 Å². The molecule has 8 heteroatoms. The Morgan fingerprint density at radius 1 is 1.14 bits per heavy atom. The number of amides is 1. The summed E-state index contributed by atoms with van der Waals surface area (Å²) < 4.78 is 22.1. The minimum Gasteiger partial charge on any atom is -0.493 e. The third-order valence-electron chi connectivity index (χ3n) is 6.17. The summed E-state index contributed by atoms with van der Waals surface area (Å²) in [7, 11) is 3.30. The van der Waals surface area contributed by atoms with E-state index in [4.69, 9.17) is 24.7 Å². The van der Waals surface area contributed by atoms with Crippen molar-refractivity contribution in [3.63, 3.8) is 0 Å². The number of hydrogen-bond acceptors (Lipinski definition) is 7. The van der Waals surface area contributed by atoms with E-state index in [-0.39, 0.29) is 18.4 Å². The van der Waals surface area contributed by atoms with Gasteiger partial charge in [-0.2, -0.15) is 0 Å².